The van der Waals surface area contributed by atoms with Gasteiger partial charge in [0.25, 0.3) is 0 Å². The average Bonchev–Trinajstić information content (AvgIpc) is 2.24. The van der Waals surface area contributed by atoms with Gasteiger partial charge >= 0.3 is 0 Å². The molecule has 0 bridgehead atoms. The summed E-state index contributed by atoms with van der Waals surface area (Å²) in [6.45, 7) is 4.23. The van der Waals surface area contributed by atoms with E-state index in [9.17, 15) is 13.6 Å². The number of benzene rings is 1. The van der Waals surface area contributed by atoms with Crippen LogP contribution >= 0.6 is 0 Å². The third kappa shape index (κ3) is 4.20. The zero-order valence-corrected chi connectivity index (χ0v) is 10.4. The smallest absolute Gasteiger partial charge is 0.239 e. The summed E-state index contributed by atoms with van der Waals surface area (Å²) in [6, 6.07) is 1.99. The third-order valence-corrected chi connectivity index (χ3v) is 2.20. The van der Waals surface area contributed by atoms with Crippen LogP contribution in [0.1, 0.15) is 13.8 Å². The van der Waals surface area contributed by atoms with Crippen molar-refractivity contribution in [3.63, 3.8) is 0 Å². The Morgan fingerprint density at radius 1 is 1.33 bits per heavy atom. The van der Waals surface area contributed by atoms with E-state index in [2.05, 4.69) is 10.6 Å². The zero-order chi connectivity index (χ0) is 13.7. The Morgan fingerprint density at radius 3 is 2.39 bits per heavy atom. The number of nitrogens with one attached hydrogen (secondary N) is 2. The number of carbonyl (C=O) groups is 1. The Balaban J connectivity index is 2.56. The molecule has 0 saturated carbocycles. The molecular formula is C12H17F2N3O. The van der Waals surface area contributed by atoms with Crippen LogP contribution in [0.3, 0.4) is 0 Å². The molecule has 18 heavy (non-hydrogen) atoms. The van der Waals surface area contributed by atoms with Gasteiger partial charge in [0.1, 0.15) is 5.69 Å². The molecular weight excluding hydrogens is 240 g/mol. The molecule has 100 valence electrons. The van der Waals surface area contributed by atoms with Crippen LogP contribution in [-0.2, 0) is 4.79 Å². The first-order valence-electron chi connectivity index (χ1n) is 5.65. The summed E-state index contributed by atoms with van der Waals surface area (Å²) in [7, 11) is 0. The molecule has 0 unspecified atom stereocenters. The normalized spacial score (nSPS) is 10.5. The van der Waals surface area contributed by atoms with Gasteiger partial charge in [0.05, 0.1) is 6.54 Å². The lowest BCUT2D eigenvalue weighted by molar-refractivity contribution is -0.119. The molecule has 4 N–H and O–H groups in total. The fraction of sp³-hybridized carbons (Fsp3) is 0.417. The van der Waals surface area contributed by atoms with Crippen molar-refractivity contribution in [3.8, 4) is 0 Å². The molecule has 0 radical (unpaired) electrons. The fourth-order valence-electron chi connectivity index (χ4n) is 1.31. The molecule has 0 saturated heterocycles. The van der Waals surface area contributed by atoms with Gasteiger partial charge in [-0.15, -0.1) is 0 Å². The highest BCUT2D eigenvalue weighted by Crippen LogP contribution is 2.21. The predicted molar refractivity (Wildman–Crippen MR) is 67.1 cm³/mol. The van der Waals surface area contributed by atoms with Crippen LogP contribution in [0.2, 0.25) is 0 Å². The molecule has 0 heterocycles. The van der Waals surface area contributed by atoms with Crippen molar-refractivity contribution < 1.29 is 13.6 Å². The van der Waals surface area contributed by atoms with Gasteiger partial charge in [0, 0.05) is 12.2 Å². The minimum absolute atomic E-state index is 0.000177. The lowest BCUT2D eigenvalue weighted by atomic mass is 10.2. The second-order valence-corrected chi connectivity index (χ2v) is 4.41. The second-order valence-electron chi connectivity index (χ2n) is 4.41. The minimum atomic E-state index is -0.816. The maximum Gasteiger partial charge on any atom is 0.239 e. The third-order valence-electron chi connectivity index (χ3n) is 2.20. The molecule has 0 aliphatic heterocycles. The maximum absolute atomic E-state index is 13.4. The van der Waals surface area contributed by atoms with Crippen molar-refractivity contribution in [3.05, 3.63) is 23.8 Å². The van der Waals surface area contributed by atoms with Crippen LogP contribution in [0.25, 0.3) is 0 Å². The van der Waals surface area contributed by atoms with Gasteiger partial charge in [-0.1, -0.05) is 13.8 Å². The van der Waals surface area contributed by atoms with E-state index in [1.165, 1.54) is 0 Å². The topological polar surface area (TPSA) is 67.2 Å². The summed E-state index contributed by atoms with van der Waals surface area (Å²) >= 11 is 0. The lowest BCUT2D eigenvalue weighted by Crippen LogP contribution is -2.32. The highest BCUT2D eigenvalue weighted by atomic mass is 19.1. The van der Waals surface area contributed by atoms with Gasteiger partial charge in [-0.2, -0.15) is 0 Å². The summed E-state index contributed by atoms with van der Waals surface area (Å²) in [5.74, 6) is -1.63. The van der Waals surface area contributed by atoms with Crippen LogP contribution in [0.5, 0.6) is 0 Å². The molecule has 1 amide bonds. The highest BCUT2D eigenvalue weighted by molar-refractivity contribution is 5.80. The molecule has 0 aromatic heterocycles. The minimum Gasteiger partial charge on any atom is -0.399 e. The highest BCUT2D eigenvalue weighted by Gasteiger charge is 2.11. The fourth-order valence-corrected chi connectivity index (χ4v) is 1.31. The van der Waals surface area contributed by atoms with Crippen molar-refractivity contribution in [2.45, 2.75) is 13.8 Å². The summed E-state index contributed by atoms with van der Waals surface area (Å²) in [5, 5.41) is 5.05. The van der Waals surface area contributed by atoms with E-state index < -0.39 is 11.6 Å². The van der Waals surface area contributed by atoms with E-state index in [4.69, 9.17) is 5.73 Å². The van der Waals surface area contributed by atoms with Gasteiger partial charge in [0.15, 0.2) is 11.6 Å². The number of nitrogen functional groups attached to an aromatic ring is 1. The summed E-state index contributed by atoms with van der Waals surface area (Å²) < 4.78 is 26.7. The van der Waals surface area contributed by atoms with Crippen LogP contribution in [-0.4, -0.2) is 19.0 Å². The number of hydrogen-bond acceptors (Lipinski definition) is 3. The number of hydrogen-bond donors (Lipinski definition) is 3. The van der Waals surface area contributed by atoms with E-state index in [1.54, 1.807) is 0 Å². The molecule has 0 aliphatic rings. The Morgan fingerprint density at radius 2 is 1.89 bits per heavy atom. The first-order valence-corrected chi connectivity index (χ1v) is 5.65. The molecule has 1 aromatic carbocycles. The SMILES string of the molecule is CC(C)CNC(=O)CNc1c(F)cc(N)cc1F. The zero-order valence-electron chi connectivity index (χ0n) is 10.4. The largest absolute Gasteiger partial charge is 0.399 e. The molecule has 1 aromatic rings. The van der Waals surface area contributed by atoms with E-state index in [-0.39, 0.29) is 23.8 Å². The molecule has 4 nitrogen and oxygen atoms in total. The van der Waals surface area contributed by atoms with Crippen LogP contribution < -0.4 is 16.4 Å². The van der Waals surface area contributed by atoms with Gasteiger partial charge in [-0.25, -0.2) is 8.78 Å². The Hall–Kier alpha value is -1.85. The number of amides is 1. The van der Waals surface area contributed by atoms with Crippen molar-refractivity contribution in [1.82, 2.24) is 5.32 Å². The monoisotopic (exact) mass is 257 g/mol. The van der Waals surface area contributed by atoms with Crippen molar-refractivity contribution >= 4 is 17.3 Å². The van der Waals surface area contributed by atoms with E-state index in [1.807, 2.05) is 13.8 Å². The quantitative estimate of drug-likeness (QED) is 0.704. The standard InChI is InChI=1S/C12H17F2N3O/c1-7(2)5-16-11(18)6-17-12-9(13)3-8(15)4-10(12)14/h3-4,7,17H,5-6,15H2,1-2H3,(H,16,18). The molecule has 0 fully saturated rings. The van der Waals surface area contributed by atoms with Crippen molar-refractivity contribution in [2.75, 3.05) is 24.1 Å². The number of anilines is 2. The summed E-state index contributed by atoms with van der Waals surface area (Å²) in [5.41, 5.74) is 4.93. The number of halogens is 2. The Labute approximate surface area is 105 Å². The first kappa shape index (κ1) is 14.2. The van der Waals surface area contributed by atoms with Crippen LogP contribution in [0.4, 0.5) is 20.2 Å². The molecule has 0 aliphatic carbocycles. The summed E-state index contributed by atoms with van der Waals surface area (Å²) in [6.07, 6.45) is 0. The van der Waals surface area contributed by atoms with Gasteiger partial charge in [-0.05, 0) is 18.1 Å². The maximum atomic E-state index is 13.4. The van der Waals surface area contributed by atoms with E-state index >= 15 is 0 Å². The lowest BCUT2D eigenvalue weighted by Gasteiger charge is -2.11. The predicted octanol–water partition coefficient (Wildman–Crippen LogP) is 1.73. The summed E-state index contributed by atoms with van der Waals surface area (Å²) in [4.78, 5) is 11.4. The van der Waals surface area contributed by atoms with Crippen LogP contribution in [0, 0.1) is 17.6 Å². The van der Waals surface area contributed by atoms with E-state index in [0.717, 1.165) is 12.1 Å². The van der Waals surface area contributed by atoms with Gasteiger partial charge in [0.2, 0.25) is 5.91 Å². The molecule has 1 rings (SSSR count). The molecule has 0 atom stereocenters. The Bertz CT molecular complexity index is 412. The second kappa shape index (κ2) is 6.18. The Kier molecular flexibility index (Phi) is 4.88. The molecule has 0 spiro atoms. The van der Waals surface area contributed by atoms with E-state index in [0.29, 0.717) is 12.5 Å². The average molecular weight is 257 g/mol. The molecule has 6 heteroatoms. The van der Waals surface area contributed by atoms with Crippen molar-refractivity contribution in [2.24, 2.45) is 5.92 Å². The van der Waals surface area contributed by atoms with Crippen molar-refractivity contribution in [1.29, 1.82) is 0 Å². The van der Waals surface area contributed by atoms with Gasteiger partial charge in [-0.3, -0.25) is 4.79 Å². The first-order chi connectivity index (χ1) is 8.40. The van der Waals surface area contributed by atoms with Crippen LogP contribution in [0.15, 0.2) is 12.1 Å². The van der Waals surface area contributed by atoms with Gasteiger partial charge < -0.3 is 16.4 Å². The number of rotatable bonds is 5. The number of nitrogens with two attached hydrogens (primary N) is 1. The number of carbonyl (C=O) groups excluding carboxylic acids is 1.